The molecule has 0 aliphatic rings. The first kappa shape index (κ1) is 13.4. The first-order valence-corrected chi connectivity index (χ1v) is 7.09. The van der Waals surface area contributed by atoms with Gasteiger partial charge in [-0.2, -0.15) is 11.3 Å². The summed E-state index contributed by atoms with van der Waals surface area (Å²) in [6.45, 7) is 2.57. The monoisotopic (exact) mass is 281 g/mol. The first-order chi connectivity index (χ1) is 8.58. The highest BCUT2D eigenvalue weighted by Crippen LogP contribution is 2.29. The van der Waals surface area contributed by atoms with Gasteiger partial charge in [0, 0.05) is 13.6 Å². The maximum atomic E-state index is 9.51. The van der Waals surface area contributed by atoms with Crippen molar-refractivity contribution in [2.45, 2.75) is 19.6 Å². The Bertz CT molecular complexity index is 511. The molecule has 1 N–H and O–H groups in total. The predicted molar refractivity (Wildman–Crippen MR) is 78.5 cm³/mol. The molecule has 2 rings (SSSR count). The van der Waals surface area contributed by atoms with E-state index in [9.17, 15) is 5.11 Å². The van der Waals surface area contributed by atoms with Crippen LogP contribution in [0.4, 0.5) is 5.69 Å². The van der Waals surface area contributed by atoms with Crippen molar-refractivity contribution >= 4 is 28.6 Å². The fourth-order valence-electron chi connectivity index (χ4n) is 1.83. The van der Waals surface area contributed by atoms with Crippen LogP contribution < -0.4 is 4.90 Å². The second-order valence-electron chi connectivity index (χ2n) is 4.37. The van der Waals surface area contributed by atoms with Crippen molar-refractivity contribution in [1.82, 2.24) is 0 Å². The molecule has 0 bridgehead atoms. The van der Waals surface area contributed by atoms with Crippen molar-refractivity contribution in [2.24, 2.45) is 0 Å². The molecule has 0 unspecified atom stereocenters. The standard InChI is InChI=1S/C14H16ClNOS/c1-10(17)12-3-4-14(13(15)7-12)16(2)8-11-5-6-18-9-11/h3-7,9-10,17H,8H2,1-2H3/t10-/m0/s1. The van der Waals surface area contributed by atoms with Gasteiger partial charge in [-0.25, -0.2) is 0 Å². The molecule has 0 aliphatic heterocycles. The van der Waals surface area contributed by atoms with Crippen LogP contribution >= 0.6 is 22.9 Å². The highest BCUT2D eigenvalue weighted by molar-refractivity contribution is 7.07. The number of thiophene rings is 1. The molecular weight excluding hydrogens is 266 g/mol. The minimum atomic E-state index is -0.487. The van der Waals surface area contributed by atoms with Crippen LogP contribution in [0, 0.1) is 0 Å². The molecule has 0 amide bonds. The fraction of sp³-hybridized carbons (Fsp3) is 0.286. The summed E-state index contributed by atoms with van der Waals surface area (Å²) >= 11 is 7.95. The third kappa shape index (κ3) is 3.05. The minimum absolute atomic E-state index is 0.487. The van der Waals surface area contributed by atoms with Gasteiger partial charge in [0.05, 0.1) is 16.8 Å². The molecule has 0 radical (unpaired) electrons. The maximum absolute atomic E-state index is 9.51. The number of halogens is 1. The molecule has 4 heteroatoms. The number of aliphatic hydroxyl groups excluding tert-OH is 1. The van der Waals surface area contributed by atoms with Gasteiger partial charge in [-0.1, -0.05) is 17.7 Å². The molecule has 0 saturated heterocycles. The highest BCUT2D eigenvalue weighted by atomic mass is 35.5. The Balaban J connectivity index is 2.17. The molecule has 0 saturated carbocycles. The van der Waals surface area contributed by atoms with Gasteiger partial charge in [0.1, 0.15) is 0 Å². The van der Waals surface area contributed by atoms with Crippen LogP contribution in [0.5, 0.6) is 0 Å². The van der Waals surface area contributed by atoms with Gasteiger partial charge in [0.2, 0.25) is 0 Å². The van der Waals surface area contributed by atoms with E-state index < -0.39 is 6.10 Å². The molecule has 1 atom stereocenters. The zero-order chi connectivity index (χ0) is 13.1. The molecule has 2 aromatic rings. The van der Waals surface area contributed by atoms with Crippen LogP contribution in [0.15, 0.2) is 35.0 Å². The van der Waals surface area contributed by atoms with Gasteiger partial charge >= 0.3 is 0 Å². The third-order valence-electron chi connectivity index (χ3n) is 2.87. The van der Waals surface area contributed by atoms with Crippen molar-refractivity contribution in [1.29, 1.82) is 0 Å². The number of hydrogen-bond donors (Lipinski definition) is 1. The van der Waals surface area contributed by atoms with Crippen LogP contribution in [-0.4, -0.2) is 12.2 Å². The van der Waals surface area contributed by atoms with E-state index in [1.165, 1.54) is 5.56 Å². The third-order valence-corrected chi connectivity index (χ3v) is 3.90. The molecule has 0 spiro atoms. The fourth-order valence-corrected chi connectivity index (χ4v) is 2.83. The molecule has 0 fully saturated rings. The first-order valence-electron chi connectivity index (χ1n) is 5.77. The molecule has 96 valence electrons. The smallest absolute Gasteiger partial charge is 0.0762 e. The Morgan fingerprint density at radius 1 is 1.39 bits per heavy atom. The Labute approximate surface area is 116 Å². The lowest BCUT2D eigenvalue weighted by molar-refractivity contribution is 0.199. The highest BCUT2D eigenvalue weighted by Gasteiger charge is 2.09. The van der Waals surface area contributed by atoms with Gasteiger partial charge in [0.15, 0.2) is 0 Å². The molecule has 2 nitrogen and oxygen atoms in total. The summed E-state index contributed by atoms with van der Waals surface area (Å²) in [5.74, 6) is 0. The van der Waals surface area contributed by atoms with E-state index >= 15 is 0 Å². The molecular formula is C14H16ClNOS. The largest absolute Gasteiger partial charge is 0.389 e. The van der Waals surface area contributed by atoms with E-state index in [1.54, 1.807) is 18.3 Å². The Morgan fingerprint density at radius 3 is 2.72 bits per heavy atom. The molecule has 1 aromatic carbocycles. The SMILES string of the molecule is C[C@H](O)c1ccc(N(C)Cc2ccsc2)c(Cl)c1. The van der Waals surface area contributed by atoms with Gasteiger partial charge in [-0.15, -0.1) is 0 Å². The Hall–Kier alpha value is -1.03. The van der Waals surface area contributed by atoms with Gasteiger partial charge < -0.3 is 10.0 Å². The number of anilines is 1. The molecule has 0 aliphatic carbocycles. The van der Waals surface area contributed by atoms with E-state index in [0.29, 0.717) is 5.02 Å². The second kappa shape index (κ2) is 5.74. The number of hydrogen-bond acceptors (Lipinski definition) is 3. The average Bonchev–Trinajstić information content (AvgIpc) is 2.81. The molecule has 1 heterocycles. The summed E-state index contributed by atoms with van der Waals surface area (Å²) in [5, 5.41) is 14.4. The van der Waals surface area contributed by atoms with Crippen molar-refractivity contribution in [3.63, 3.8) is 0 Å². The second-order valence-corrected chi connectivity index (χ2v) is 5.56. The quantitative estimate of drug-likeness (QED) is 0.912. The zero-order valence-corrected chi connectivity index (χ0v) is 12.0. The van der Waals surface area contributed by atoms with Crippen molar-refractivity contribution in [3.8, 4) is 0 Å². The average molecular weight is 282 g/mol. The topological polar surface area (TPSA) is 23.5 Å². The van der Waals surface area contributed by atoms with Crippen LogP contribution in [0.2, 0.25) is 5.02 Å². The van der Waals surface area contributed by atoms with Gasteiger partial charge in [-0.3, -0.25) is 0 Å². The number of rotatable bonds is 4. The van der Waals surface area contributed by atoms with Crippen molar-refractivity contribution < 1.29 is 5.11 Å². The van der Waals surface area contributed by atoms with Crippen LogP contribution in [0.1, 0.15) is 24.2 Å². The van der Waals surface area contributed by atoms with Crippen LogP contribution in [0.25, 0.3) is 0 Å². The Morgan fingerprint density at radius 2 is 2.17 bits per heavy atom. The molecule has 1 aromatic heterocycles. The minimum Gasteiger partial charge on any atom is -0.389 e. The predicted octanol–water partition coefficient (Wildman–Crippen LogP) is 4.09. The van der Waals surface area contributed by atoms with Crippen molar-refractivity contribution in [3.05, 3.63) is 51.2 Å². The number of aliphatic hydroxyl groups is 1. The van der Waals surface area contributed by atoms with E-state index in [2.05, 4.69) is 21.7 Å². The normalized spacial score (nSPS) is 12.4. The van der Waals surface area contributed by atoms with Gasteiger partial charge in [-0.05, 0) is 47.0 Å². The van der Waals surface area contributed by atoms with Crippen LogP contribution in [-0.2, 0) is 6.54 Å². The lowest BCUT2D eigenvalue weighted by Crippen LogP contribution is -2.16. The van der Waals surface area contributed by atoms with E-state index in [4.69, 9.17) is 11.6 Å². The van der Waals surface area contributed by atoms with Gasteiger partial charge in [0.25, 0.3) is 0 Å². The lowest BCUT2D eigenvalue weighted by atomic mass is 10.1. The van der Waals surface area contributed by atoms with Crippen LogP contribution in [0.3, 0.4) is 0 Å². The summed E-state index contributed by atoms with van der Waals surface area (Å²) in [7, 11) is 2.01. The molecule has 18 heavy (non-hydrogen) atoms. The zero-order valence-electron chi connectivity index (χ0n) is 10.4. The Kier molecular flexibility index (Phi) is 4.27. The summed E-state index contributed by atoms with van der Waals surface area (Å²) in [5.41, 5.74) is 3.10. The lowest BCUT2D eigenvalue weighted by Gasteiger charge is -2.21. The van der Waals surface area contributed by atoms with Crippen molar-refractivity contribution in [2.75, 3.05) is 11.9 Å². The summed E-state index contributed by atoms with van der Waals surface area (Å²) in [4.78, 5) is 2.11. The summed E-state index contributed by atoms with van der Waals surface area (Å²) in [6, 6.07) is 7.80. The summed E-state index contributed by atoms with van der Waals surface area (Å²) < 4.78 is 0. The van der Waals surface area contributed by atoms with E-state index in [0.717, 1.165) is 17.8 Å². The maximum Gasteiger partial charge on any atom is 0.0762 e. The number of nitrogens with zero attached hydrogens (tertiary/aromatic N) is 1. The van der Waals surface area contributed by atoms with E-state index in [-0.39, 0.29) is 0 Å². The summed E-state index contributed by atoms with van der Waals surface area (Å²) in [6.07, 6.45) is -0.487. The van der Waals surface area contributed by atoms with E-state index in [1.807, 2.05) is 25.2 Å². The number of benzene rings is 1.